The molecule has 1 unspecified atom stereocenters. The molecule has 0 radical (unpaired) electrons. The van der Waals surface area contributed by atoms with Crippen LogP contribution in [0.4, 0.5) is 0 Å². The lowest BCUT2D eigenvalue weighted by atomic mass is 10.0. The first-order chi connectivity index (χ1) is 7.15. The Morgan fingerprint density at radius 3 is 2.47 bits per heavy atom. The lowest BCUT2D eigenvalue weighted by Crippen LogP contribution is -2.13. The van der Waals surface area contributed by atoms with Crippen LogP contribution in [0.1, 0.15) is 17.2 Å². The molecule has 1 atom stereocenters. The maximum Gasteiger partial charge on any atom is 0.130 e. The fourth-order valence-corrected chi connectivity index (χ4v) is 1.77. The van der Waals surface area contributed by atoms with Crippen LogP contribution >= 0.6 is 12.6 Å². The van der Waals surface area contributed by atoms with Crippen molar-refractivity contribution in [1.29, 1.82) is 0 Å². The smallest absolute Gasteiger partial charge is 0.130 e. The first kappa shape index (κ1) is 12.2. The van der Waals surface area contributed by atoms with E-state index in [4.69, 9.17) is 15.2 Å². The SMILES string of the molecule is COc1ccc(C(N)CS)c(OC)c1C. The number of rotatable bonds is 4. The third kappa shape index (κ3) is 2.38. The average Bonchev–Trinajstić information content (AvgIpc) is 2.27. The monoisotopic (exact) mass is 227 g/mol. The quantitative estimate of drug-likeness (QED) is 0.773. The molecule has 0 amide bonds. The molecule has 0 spiro atoms. The molecule has 1 rings (SSSR count). The van der Waals surface area contributed by atoms with Crippen molar-refractivity contribution >= 4 is 12.6 Å². The largest absolute Gasteiger partial charge is 0.496 e. The molecular weight excluding hydrogens is 210 g/mol. The molecular formula is C11H17NO2S. The van der Waals surface area contributed by atoms with Crippen molar-refractivity contribution in [3.63, 3.8) is 0 Å². The molecule has 15 heavy (non-hydrogen) atoms. The van der Waals surface area contributed by atoms with E-state index in [1.807, 2.05) is 19.1 Å². The first-order valence-corrected chi connectivity index (χ1v) is 5.36. The second-order valence-corrected chi connectivity index (χ2v) is 3.67. The van der Waals surface area contributed by atoms with E-state index in [9.17, 15) is 0 Å². The second kappa shape index (κ2) is 5.28. The Morgan fingerprint density at radius 1 is 1.33 bits per heavy atom. The minimum absolute atomic E-state index is 0.118. The Hall–Kier alpha value is -0.870. The number of ether oxygens (including phenoxy) is 2. The summed E-state index contributed by atoms with van der Waals surface area (Å²) < 4.78 is 10.6. The van der Waals surface area contributed by atoms with Gasteiger partial charge in [0, 0.05) is 22.9 Å². The fourth-order valence-electron chi connectivity index (χ4n) is 1.58. The fraction of sp³-hybridized carbons (Fsp3) is 0.455. The molecule has 3 nitrogen and oxygen atoms in total. The Kier molecular flexibility index (Phi) is 4.29. The molecule has 0 aliphatic heterocycles. The van der Waals surface area contributed by atoms with Gasteiger partial charge in [-0.1, -0.05) is 6.07 Å². The summed E-state index contributed by atoms with van der Waals surface area (Å²) in [6, 6.07) is 3.70. The number of benzene rings is 1. The number of thiol groups is 1. The average molecular weight is 227 g/mol. The maximum atomic E-state index is 5.93. The van der Waals surface area contributed by atoms with Gasteiger partial charge < -0.3 is 15.2 Å². The van der Waals surface area contributed by atoms with E-state index < -0.39 is 0 Å². The molecule has 0 aromatic heterocycles. The summed E-state index contributed by atoms with van der Waals surface area (Å²) in [5, 5.41) is 0. The van der Waals surface area contributed by atoms with Crippen LogP contribution in [0, 0.1) is 6.92 Å². The highest BCUT2D eigenvalue weighted by molar-refractivity contribution is 7.80. The van der Waals surface area contributed by atoms with Crippen LogP contribution in [0.5, 0.6) is 11.5 Å². The van der Waals surface area contributed by atoms with Crippen molar-refractivity contribution in [2.24, 2.45) is 5.73 Å². The van der Waals surface area contributed by atoms with Crippen LogP contribution in [0.25, 0.3) is 0 Å². The molecule has 84 valence electrons. The summed E-state index contributed by atoms with van der Waals surface area (Å²) in [6.45, 7) is 1.95. The predicted octanol–water partition coefficient (Wildman–Crippen LogP) is 1.94. The van der Waals surface area contributed by atoms with E-state index in [0.29, 0.717) is 5.75 Å². The van der Waals surface area contributed by atoms with Gasteiger partial charge in [0.05, 0.1) is 14.2 Å². The van der Waals surface area contributed by atoms with Crippen LogP contribution in [0.15, 0.2) is 12.1 Å². The van der Waals surface area contributed by atoms with E-state index >= 15 is 0 Å². The van der Waals surface area contributed by atoms with Gasteiger partial charge in [-0.05, 0) is 13.0 Å². The first-order valence-electron chi connectivity index (χ1n) is 4.73. The normalized spacial score (nSPS) is 12.3. The van der Waals surface area contributed by atoms with E-state index in [1.54, 1.807) is 14.2 Å². The molecule has 0 aliphatic carbocycles. The molecule has 1 aromatic carbocycles. The Labute approximate surface area is 96.0 Å². The van der Waals surface area contributed by atoms with Crippen molar-refractivity contribution in [3.8, 4) is 11.5 Å². The minimum Gasteiger partial charge on any atom is -0.496 e. The van der Waals surface area contributed by atoms with Gasteiger partial charge in [-0.15, -0.1) is 0 Å². The zero-order chi connectivity index (χ0) is 11.4. The highest BCUT2D eigenvalue weighted by Crippen LogP contribution is 2.34. The molecule has 2 N–H and O–H groups in total. The highest BCUT2D eigenvalue weighted by atomic mass is 32.1. The van der Waals surface area contributed by atoms with Crippen LogP contribution in [0.2, 0.25) is 0 Å². The molecule has 0 saturated carbocycles. The van der Waals surface area contributed by atoms with Crippen LogP contribution < -0.4 is 15.2 Å². The van der Waals surface area contributed by atoms with Gasteiger partial charge in [-0.3, -0.25) is 0 Å². The highest BCUT2D eigenvalue weighted by Gasteiger charge is 2.15. The maximum absolute atomic E-state index is 5.93. The molecule has 0 heterocycles. The molecule has 0 fully saturated rings. The summed E-state index contributed by atoms with van der Waals surface area (Å²) >= 11 is 4.18. The van der Waals surface area contributed by atoms with Crippen molar-refractivity contribution in [2.75, 3.05) is 20.0 Å². The predicted molar refractivity (Wildman–Crippen MR) is 65.1 cm³/mol. The Bertz CT molecular complexity index is 342. The Morgan fingerprint density at radius 2 is 2.00 bits per heavy atom. The van der Waals surface area contributed by atoms with Crippen molar-refractivity contribution in [3.05, 3.63) is 23.3 Å². The van der Waals surface area contributed by atoms with Crippen molar-refractivity contribution in [2.45, 2.75) is 13.0 Å². The van der Waals surface area contributed by atoms with Crippen LogP contribution in [-0.4, -0.2) is 20.0 Å². The van der Waals surface area contributed by atoms with E-state index in [0.717, 1.165) is 22.6 Å². The topological polar surface area (TPSA) is 44.5 Å². The summed E-state index contributed by atoms with van der Waals surface area (Å²) in [7, 11) is 3.27. The summed E-state index contributed by atoms with van der Waals surface area (Å²) in [5.74, 6) is 2.18. The van der Waals surface area contributed by atoms with Gasteiger partial charge in [0.25, 0.3) is 0 Å². The standard InChI is InChI=1S/C11H17NO2S/c1-7-10(13-2)5-4-8(9(12)6-15)11(7)14-3/h4-5,9,15H,6,12H2,1-3H3. The molecule has 4 heteroatoms. The third-order valence-corrected chi connectivity index (χ3v) is 2.80. The van der Waals surface area contributed by atoms with Gasteiger partial charge in [0.2, 0.25) is 0 Å². The zero-order valence-electron chi connectivity index (χ0n) is 9.28. The molecule has 0 bridgehead atoms. The number of hydrogen-bond acceptors (Lipinski definition) is 4. The summed E-state index contributed by atoms with van der Waals surface area (Å²) in [6.07, 6.45) is 0. The number of methoxy groups -OCH3 is 2. The number of hydrogen-bond donors (Lipinski definition) is 2. The third-order valence-electron chi connectivity index (χ3n) is 2.41. The van der Waals surface area contributed by atoms with Gasteiger partial charge in [-0.2, -0.15) is 12.6 Å². The van der Waals surface area contributed by atoms with E-state index in [-0.39, 0.29) is 6.04 Å². The lowest BCUT2D eigenvalue weighted by molar-refractivity contribution is 0.384. The lowest BCUT2D eigenvalue weighted by Gasteiger charge is -2.17. The number of nitrogens with two attached hydrogens (primary N) is 1. The Balaban J connectivity index is 3.24. The second-order valence-electron chi connectivity index (χ2n) is 3.30. The molecule has 1 aromatic rings. The van der Waals surface area contributed by atoms with Crippen molar-refractivity contribution in [1.82, 2.24) is 0 Å². The minimum atomic E-state index is -0.118. The molecule has 0 aliphatic rings. The van der Waals surface area contributed by atoms with Gasteiger partial charge in [0.15, 0.2) is 0 Å². The van der Waals surface area contributed by atoms with Gasteiger partial charge >= 0.3 is 0 Å². The van der Waals surface area contributed by atoms with Gasteiger partial charge in [0.1, 0.15) is 11.5 Å². The van der Waals surface area contributed by atoms with Crippen LogP contribution in [0.3, 0.4) is 0 Å². The van der Waals surface area contributed by atoms with Gasteiger partial charge in [-0.25, -0.2) is 0 Å². The van der Waals surface area contributed by atoms with E-state index in [1.165, 1.54) is 0 Å². The summed E-state index contributed by atoms with van der Waals surface area (Å²) in [5.41, 5.74) is 7.86. The molecule has 0 saturated heterocycles. The van der Waals surface area contributed by atoms with E-state index in [2.05, 4.69) is 12.6 Å². The van der Waals surface area contributed by atoms with Crippen molar-refractivity contribution < 1.29 is 9.47 Å². The van der Waals surface area contributed by atoms with Crippen LogP contribution in [-0.2, 0) is 0 Å². The zero-order valence-corrected chi connectivity index (χ0v) is 10.2. The summed E-state index contributed by atoms with van der Waals surface area (Å²) in [4.78, 5) is 0.